The fourth-order valence-electron chi connectivity index (χ4n) is 2.85. The zero-order chi connectivity index (χ0) is 12.4. The summed E-state index contributed by atoms with van der Waals surface area (Å²) >= 11 is 0. The van der Waals surface area contributed by atoms with E-state index in [9.17, 15) is 0 Å². The molecule has 2 aliphatic rings. The molecule has 0 amide bonds. The molecule has 0 saturated carbocycles. The molecule has 98 valence electrons. The number of nitrogens with one attached hydrogen (secondary N) is 3. The lowest BCUT2D eigenvalue weighted by Gasteiger charge is -2.25. The monoisotopic (exact) mass is 247 g/mol. The molecule has 18 heavy (non-hydrogen) atoms. The van der Waals surface area contributed by atoms with E-state index in [-0.39, 0.29) is 0 Å². The van der Waals surface area contributed by atoms with Crippen LogP contribution in [0.15, 0.2) is 0 Å². The molecule has 0 aliphatic carbocycles. The predicted molar refractivity (Wildman–Crippen MR) is 71.8 cm³/mol. The van der Waals surface area contributed by atoms with E-state index in [0.29, 0.717) is 5.92 Å². The third kappa shape index (κ3) is 2.20. The molecule has 1 aromatic rings. The SMILES string of the molecule is CNc1nc(C2CCNCC2)nc2c1CCNC2. The number of anilines is 1. The van der Waals surface area contributed by atoms with E-state index >= 15 is 0 Å². The van der Waals surface area contributed by atoms with Crippen LogP contribution in [0, 0.1) is 0 Å². The molecule has 0 atom stereocenters. The molecule has 2 aliphatic heterocycles. The maximum absolute atomic E-state index is 4.80. The molecule has 1 aromatic heterocycles. The molecule has 0 unspecified atom stereocenters. The minimum Gasteiger partial charge on any atom is -0.373 e. The van der Waals surface area contributed by atoms with Crippen LogP contribution in [-0.4, -0.2) is 36.6 Å². The zero-order valence-corrected chi connectivity index (χ0v) is 10.9. The Morgan fingerprint density at radius 3 is 2.72 bits per heavy atom. The third-order valence-corrected chi connectivity index (χ3v) is 3.90. The van der Waals surface area contributed by atoms with Gasteiger partial charge in [0.15, 0.2) is 0 Å². The van der Waals surface area contributed by atoms with E-state index in [0.717, 1.165) is 57.1 Å². The lowest BCUT2D eigenvalue weighted by molar-refractivity contribution is 0.442. The average molecular weight is 247 g/mol. The van der Waals surface area contributed by atoms with E-state index < -0.39 is 0 Å². The van der Waals surface area contributed by atoms with E-state index in [2.05, 4.69) is 16.0 Å². The zero-order valence-electron chi connectivity index (χ0n) is 10.9. The van der Waals surface area contributed by atoms with Gasteiger partial charge >= 0.3 is 0 Å². The summed E-state index contributed by atoms with van der Waals surface area (Å²) < 4.78 is 0. The fourth-order valence-corrected chi connectivity index (χ4v) is 2.85. The lowest BCUT2D eigenvalue weighted by Crippen LogP contribution is -2.30. The Balaban J connectivity index is 1.94. The fraction of sp³-hybridized carbons (Fsp3) is 0.692. The summed E-state index contributed by atoms with van der Waals surface area (Å²) in [7, 11) is 1.96. The van der Waals surface area contributed by atoms with Crippen molar-refractivity contribution in [2.75, 3.05) is 32.0 Å². The summed E-state index contributed by atoms with van der Waals surface area (Å²) in [6.45, 7) is 4.07. The quantitative estimate of drug-likeness (QED) is 0.715. The first kappa shape index (κ1) is 11.9. The lowest BCUT2D eigenvalue weighted by atomic mass is 9.96. The van der Waals surface area contributed by atoms with Gasteiger partial charge in [-0.15, -0.1) is 0 Å². The standard InChI is InChI=1S/C13H21N5/c1-14-13-10-4-7-16-8-11(10)17-12(18-13)9-2-5-15-6-3-9/h9,15-16H,2-8H2,1H3,(H,14,17,18). The van der Waals surface area contributed by atoms with Crippen LogP contribution in [-0.2, 0) is 13.0 Å². The van der Waals surface area contributed by atoms with Crippen LogP contribution in [0.1, 0.15) is 35.8 Å². The third-order valence-electron chi connectivity index (χ3n) is 3.90. The van der Waals surface area contributed by atoms with Crippen LogP contribution < -0.4 is 16.0 Å². The van der Waals surface area contributed by atoms with Crippen molar-refractivity contribution in [3.05, 3.63) is 17.1 Å². The van der Waals surface area contributed by atoms with Gasteiger partial charge in [-0.1, -0.05) is 0 Å². The Labute approximate surface area is 108 Å². The number of hydrogen-bond acceptors (Lipinski definition) is 5. The summed E-state index contributed by atoms with van der Waals surface area (Å²) in [6.07, 6.45) is 3.32. The molecule has 0 bridgehead atoms. The highest BCUT2D eigenvalue weighted by Gasteiger charge is 2.22. The van der Waals surface area contributed by atoms with E-state index in [1.807, 2.05) is 7.05 Å². The van der Waals surface area contributed by atoms with Crippen LogP contribution in [0.25, 0.3) is 0 Å². The summed E-state index contributed by atoms with van der Waals surface area (Å²) in [5.74, 6) is 2.59. The number of fused-ring (bicyclic) bond motifs is 1. The molecule has 3 N–H and O–H groups in total. The van der Waals surface area contributed by atoms with Gasteiger partial charge < -0.3 is 16.0 Å². The molecule has 0 spiro atoms. The Kier molecular flexibility index (Phi) is 3.43. The van der Waals surface area contributed by atoms with Crippen molar-refractivity contribution in [1.82, 2.24) is 20.6 Å². The number of piperidine rings is 1. The van der Waals surface area contributed by atoms with Crippen LogP contribution in [0.4, 0.5) is 5.82 Å². The Morgan fingerprint density at radius 2 is 1.94 bits per heavy atom. The van der Waals surface area contributed by atoms with Gasteiger partial charge in [0, 0.05) is 25.1 Å². The maximum Gasteiger partial charge on any atom is 0.134 e. The average Bonchev–Trinajstić information content (AvgIpc) is 2.47. The van der Waals surface area contributed by atoms with Crippen molar-refractivity contribution in [3.8, 4) is 0 Å². The van der Waals surface area contributed by atoms with Crippen LogP contribution in [0.2, 0.25) is 0 Å². The molecule has 5 heteroatoms. The van der Waals surface area contributed by atoms with E-state index in [1.54, 1.807) is 0 Å². The topological polar surface area (TPSA) is 61.9 Å². The van der Waals surface area contributed by atoms with Gasteiger partial charge in [0.25, 0.3) is 0 Å². The van der Waals surface area contributed by atoms with Gasteiger partial charge in [-0.3, -0.25) is 0 Å². The van der Waals surface area contributed by atoms with Crippen molar-refractivity contribution < 1.29 is 0 Å². The van der Waals surface area contributed by atoms with Gasteiger partial charge in [-0.25, -0.2) is 9.97 Å². The highest BCUT2D eigenvalue weighted by molar-refractivity contribution is 5.47. The first-order valence-electron chi connectivity index (χ1n) is 6.87. The van der Waals surface area contributed by atoms with Crippen molar-refractivity contribution in [2.24, 2.45) is 0 Å². The summed E-state index contributed by atoms with van der Waals surface area (Å²) in [4.78, 5) is 9.55. The summed E-state index contributed by atoms with van der Waals surface area (Å²) in [6, 6.07) is 0. The number of rotatable bonds is 2. The van der Waals surface area contributed by atoms with Gasteiger partial charge in [-0.05, 0) is 38.9 Å². The number of aromatic nitrogens is 2. The number of hydrogen-bond donors (Lipinski definition) is 3. The Morgan fingerprint density at radius 1 is 1.11 bits per heavy atom. The second-order valence-electron chi connectivity index (χ2n) is 5.06. The van der Waals surface area contributed by atoms with Crippen LogP contribution in [0.5, 0.6) is 0 Å². The van der Waals surface area contributed by atoms with Crippen LogP contribution in [0.3, 0.4) is 0 Å². The first-order chi connectivity index (χ1) is 8.88. The van der Waals surface area contributed by atoms with Crippen molar-refractivity contribution in [1.29, 1.82) is 0 Å². The van der Waals surface area contributed by atoms with E-state index in [4.69, 9.17) is 9.97 Å². The van der Waals surface area contributed by atoms with Crippen LogP contribution >= 0.6 is 0 Å². The predicted octanol–water partition coefficient (Wildman–Crippen LogP) is 0.631. The smallest absolute Gasteiger partial charge is 0.134 e. The van der Waals surface area contributed by atoms with Gasteiger partial charge in [0.1, 0.15) is 11.6 Å². The number of nitrogens with zero attached hydrogens (tertiary/aromatic N) is 2. The van der Waals surface area contributed by atoms with Gasteiger partial charge in [0.2, 0.25) is 0 Å². The normalized spacial score (nSPS) is 20.5. The minimum atomic E-state index is 0.519. The molecule has 0 radical (unpaired) electrons. The second-order valence-corrected chi connectivity index (χ2v) is 5.06. The molecule has 1 fully saturated rings. The maximum atomic E-state index is 4.80. The highest BCUT2D eigenvalue weighted by atomic mass is 15.0. The summed E-state index contributed by atoms with van der Waals surface area (Å²) in [5, 5.41) is 10.0. The van der Waals surface area contributed by atoms with Crippen molar-refractivity contribution in [3.63, 3.8) is 0 Å². The molecule has 5 nitrogen and oxygen atoms in total. The second kappa shape index (κ2) is 5.20. The highest BCUT2D eigenvalue weighted by Crippen LogP contribution is 2.27. The van der Waals surface area contributed by atoms with Gasteiger partial charge in [0.05, 0.1) is 5.69 Å². The molecule has 1 saturated heterocycles. The Hall–Kier alpha value is -1.20. The van der Waals surface area contributed by atoms with Crippen molar-refractivity contribution >= 4 is 5.82 Å². The summed E-state index contributed by atoms with van der Waals surface area (Å²) in [5.41, 5.74) is 2.49. The molecule has 0 aromatic carbocycles. The molecular formula is C13H21N5. The first-order valence-corrected chi connectivity index (χ1v) is 6.87. The molecule has 3 rings (SSSR count). The van der Waals surface area contributed by atoms with Crippen molar-refractivity contribution in [2.45, 2.75) is 31.7 Å². The van der Waals surface area contributed by atoms with Gasteiger partial charge in [-0.2, -0.15) is 0 Å². The molecular weight excluding hydrogens is 226 g/mol. The molecule has 3 heterocycles. The largest absolute Gasteiger partial charge is 0.373 e. The Bertz CT molecular complexity index is 408. The minimum absolute atomic E-state index is 0.519. The van der Waals surface area contributed by atoms with E-state index in [1.165, 1.54) is 11.3 Å².